The third-order valence-electron chi connectivity index (χ3n) is 2.16. The van der Waals surface area contributed by atoms with Crippen molar-refractivity contribution in [3.8, 4) is 0 Å². The first-order valence-electron chi connectivity index (χ1n) is 5.27. The summed E-state index contributed by atoms with van der Waals surface area (Å²) in [4.78, 5) is 34.2. The van der Waals surface area contributed by atoms with Crippen molar-refractivity contribution in [2.24, 2.45) is 11.1 Å². The van der Waals surface area contributed by atoms with E-state index < -0.39 is 17.2 Å². The summed E-state index contributed by atoms with van der Waals surface area (Å²) in [5, 5.41) is 7.08. The fraction of sp³-hybridized carbons (Fsp3) is 0.600. The number of carbonyl (C=O) groups excluding carboxylic acids is 3. The van der Waals surface area contributed by atoms with E-state index in [1.54, 1.807) is 13.8 Å². The molecule has 0 aromatic rings. The lowest BCUT2D eigenvalue weighted by atomic mass is 9.92. The van der Waals surface area contributed by atoms with Crippen LogP contribution in [0.4, 0.5) is 0 Å². The quantitative estimate of drug-likeness (QED) is 0.352. The van der Waals surface area contributed by atoms with Crippen molar-refractivity contribution in [2.45, 2.75) is 13.8 Å². The van der Waals surface area contributed by atoms with Crippen LogP contribution in [0.5, 0.6) is 0 Å². The van der Waals surface area contributed by atoms with E-state index in [0.717, 1.165) is 0 Å². The molecule has 7 nitrogen and oxygen atoms in total. The average Bonchev–Trinajstić information content (AvgIpc) is 2.31. The summed E-state index contributed by atoms with van der Waals surface area (Å²) in [6.07, 6.45) is 0. The summed E-state index contributed by atoms with van der Waals surface area (Å²) >= 11 is 4.55. The molecule has 0 heterocycles. The molecule has 0 unspecified atom stereocenters. The predicted octanol–water partition coefficient (Wildman–Crippen LogP) is -1.72. The molecule has 8 heteroatoms. The van der Waals surface area contributed by atoms with E-state index in [1.165, 1.54) is 7.05 Å². The molecule has 0 aliphatic rings. The standard InChI is InChI=1S/C10H18N4O3S/c1-10(2,9(17)12-3)5-14-8(16)7(15)13-4-6(11)18/h4-5H2,1-3H3,(H2,11,18)(H,12,17)(H,13,15)(H,14,16). The molecule has 0 aromatic carbocycles. The number of nitrogens with one attached hydrogen (secondary N) is 3. The van der Waals surface area contributed by atoms with Gasteiger partial charge in [-0.15, -0.1) is 0 Å². The Morgan fingerprint density at radius 3 is 2.11 bits per heavy atom. The molecule has 102 valence electrons. The van der Waals surface area contributed by atoms with Crippen LogP contribution < -0.4 is 21.7 Å². The Morgan fingerprint density at radius 2 is 1.67 bits per heavy atom. The van der Waals surface area contributed by atoms with Gasteiger partial charge in [0.25, 0.3) is 0 Å². The molecule has 0 bridgehead atoms. The molecule has 18 heavy (non-hydrogen) atoms. The number of carbonyl (C=O) groups is 3. The zero-order valence-corrected chi connectivity index (χ0v) is 11.4. The Balaban J connectivity index is 4.21. The Labute approximate surface area is 111 Å². The highest BCUT2D eigenvalue weighted by Gasteiger charge is 2.28. The lowest BCUT2D eigenvalue weighted by Crippen LogP contribution is -2.48. The normalized spacial score (nSPS) is 10.4. The summed E-state index contributed by atoms with van der Waals surface area (Å²) in [6, 6.07) is 0. The number of hydrogen-bond acceptors (Lipinski definition) is 4. The smallest absolute Gasteiger partial charge is 0.309 e. The molecule has 0 atom stereocenters. The summed E-state index contributed by atoms with van der Waals surface area (Å²) < 4.78 is 0. The van der Waals surface area contributed by atoms with Gasteiger partial charge in [-0.05, 0) is 13.8 Å². The third kappa shape index (κ3) is 5.58. The Kier molecular flexibility index (Phi) is 6.24. The van der Waals surface area contributed by atoms with Gasteiger partial charge < -0.3 is 21.7 Å². The Morgan fingerprint density at radius 1 is 1.17 bits per heavy atom. The fourth-order valence-corrected chi connectivity index (χ4v) is 1.12. The molecule has 0 saturated carbocycles. The second-order valence-corrected chi connectivity index (χ2v) is 4.82. The summed E-state index contributed by atoms with van der Waals surface area (Å²) in [5.74, 6) is -1.90. The first-order valence-corrected chi connectivity index (χ1v) is 5.68. The van der Waals surface area contributed by atoms with Gasteiger partial charge in [0.2, 0.25) is 5.91 Å². The van der Waals surface area contributed by atoms with Gasteiger partial charge in [0.05, 0.1) is 16.9 Å². The zero-order valence-electron chi connectivity index (χ0n) is 10.6. The van der Waals surface area contributed by atoms with Crippen LogP contribution in [0.2, 0.25) is 0 Å². The minimum atomic E-state index is -0.837. The SMILES string of the molecule is CNC(=O)C(C)(C)CNC(=O)C(=O)NCC(N)=S. The molecule has 0 fully saturated rings. The van der Waals surface area contributed by atoms with Crippen LogP contribution in [0.15, 0.2) is 0 Å². The maximum atomic E-state index is 11.4. The maximum absolute atomic E-state index is 11.4. The van der Waals surface area contributed by atoms with E-state index >= 15 is 0 Å². The second kappa shape index (κ2) is 6.90. The maximum Gasteiger partial charge on any atom is 0.309 e. The molecule has 3 amide bonds. The fourth-order valence-electron chi connectivity index (χ4n) is 1.05. The summed E-state index contributed by atoms with van der Waals surface area (Å²) in [5.41, 5.74) is 4.38. The highest BCUT2D eigenvalue weighted by atomic mass is 32.1. The van der Waals surface area contributed by atoms with Gasteiger partial charge >= 0.3 is 11.8 Å². The van der Waals surface area contributed by atoms with Crippen LogP contribution >= 0.6 is 12.2 Å². The van der Waals surface area contributed by atoms with E-state index in [0.29, 0.717) is 0 Å². The highest BCUT2D eigenvalue weighted by Crippen LogP contribution is 2.12. The van der Waals surface area contributed by atoms with Crippen LogP contribution in [-0.4, -0.2) is 42.8 Å². The highest BCUT2D eigenvalue weighted by molar-refractivity contribution is 7.80. The van der Waals surface area contributed by atoms with Gasteiger partial charge in [-0.3, -0.25) is 14.4 Å². The van der Waals surface area contributed by atoms with Crippen molar-refractivity contribution in [2.75, 3.05) is 20.1 Å². The molecule has 0 rings (SSSR count). The number of rotatable bonds is 5. The second-order valence-electron chi connectivity index (χ2n) is 4.29. The van der Waals surface area contributed by atoms with E-state index in [9.17, 15) is 14.4 Å². The molecule has 0 radical (unpaired) electrons. The van der Waals surface area contributed by atoms with Crippen LogP contribution in [0.25, 0.3) is 0 Å². The Hall–Kier alpha value is -1.70. The number of nitrogens with two attached hydrogens (primary N) is 1. The largest absolute Gasteiger partial charge is 0.392 e. The van der Waals surface area contributed by atoms with Gasteiger partial charge in [-0.2, -0.15) is 0 Å². The summed E-state index contributed by atoms with van der Waals surface area (Å²) in [7, 11) is 1.50. The van der Waals surface area contributed by atoms with Crippen LogP contribution in [0.3, 0.4) is 0 Å². The topological polar surface area (TPSA) is 113 Å². The van der Waals surface area contributed by atoms with Crippen molar-refractivity contribution in [1.29, 1.82) is 0 Å². The molecular formula is C10H18N4O3S. The molecule has 0 aromatic heterocycles. The summed E-state index contributed by atoms with van der Waals surface area (Å²) in [6.45, 7) is 3.31. The third-order valence-corrected chi connectivity index (χ3v) is 2.31. The van der Waals surface area contributed by atoms with Crippen molar-refractivity contribution in [3.05, 3.63) is 0 Å². The van der Waals surface area contributed by atoms with Gasteiger partial charge in [0, 0.05) is 13.6 Å². The number of hydrogen-bond donors (Lipinski definition) is 4. The van der Waals surface area contributed by atoms with Gasteiger partial charge in [0.15, 0.2) is 0 Å². The van der Waals surface area contributed by atoms with Crippen molar-refractivity contribution in [3.63, 3.8) is 0 Å². The van der Waals surface area contributed by atoms with E-state index in [1.807, 2.05) is 0 Å². The van der Waals surface area contributed by atoms with Crippen molar-refractivity contribution in [1.82, 2.24) is 16.0 Å². The van der Waals surface area contributed by atoms with E-state index in [2.05, 4.69) is 28.2 Å². The zero-order chi connectivity index (χ0) is 14.3. The average molecular weight is 274 g/mol. The van der Waals surface area contributed by atoms with Crippen LogP contribution in [-0.2, 0) is 14.4 Å². The minimum absolute atomic E-state index is 0.0412. The number of thiocarbonyl (C=S) groups is 1. The van der Waals surface area contributed by atoms with Gasteiger partial charge in [0.1, 0.15) is 0 Å². The lowest BCUT2D eigenvalue weighted by Gasteiger charge is -2.22. The first-order chi connectivity index (χ1) is 8.20. The molecule has 0 aliphatic heterocycles. The monoisotopic (exact) mass is 274 g/mol. The molecule has 0 spiro atoms. The van der Waals surface area contributed by atoms with E-state index in [4.69, 9.17) is 5.73 Å². The van der Waals surface area contributed by atoms with Gasteiger partial charge in [-0.1, -0.05) is 12.2 Å². The van der Waals surface area contributed by atoms with Crippen LogP contribution in [0.1, 0.15) is 13.8 Å². The number of amides is 3. The van der Waals surface area contributed by atoms with Crippen molar-refractivity contribution < 1.29 is 14.4 Å². The molecule has 5 N–H and O–H groups in total. The van der Waals surface area contributed by atoms with Crippen LogP contribution in [0, 0.1) is 5.41 Å². The lowest BCUT2D eigenvalue weighted by molar-refractivity contribution is -0.139. The molecular weight excluding hydrogens is 256 g/mol. The molecule has 0 saturated heterocycles. The minimum Gasteiger partial charge on any atom is -0.392 e. The first kappa shape index (κ1) is 16.3. The van der Waals surface area contributed by atoms with Gasteiger partial charge in [-0.25, -0.2) is 0 Å². The Bertz CT molecular complexity index is 368. The predicted molar refractivity (Wildman–Crippen MR) is 70.7 cm³/mol. The van der Waals surface area contributed by atoms with Crippen molar-refractivity contribution >= 4 is 34.9 Å². The van der Waals surface area contributed by atoms with E-state index in [-0.39, 0.29) is 24.0 Å². The molecule has 0 aliphatic carbocycles.